The fourth-order valence-corrected chi connectivity index (χ4v) is 2.63. The van der Waals surface area contributed by atoms with Crippen LogP contribution in [0, 0.1) is 0 Å². The van der Waals surface area contributed by atoms with Gasteiger partial charge in [0.25, 0.3) is 0 Å². The number of hydrogen-bond donors (Lipinski definition) is 3. The van der Waals surface area contributed by atoms with Gasteiger partial charge in [-0.05, 0) is 31.2 Å². The average molecular weight is 292 g/mol. The van der Waals surface area contributed by atoms with Crippen LogP contribution in [0.1, 0.15) is 31.2 Å². The summed E-state index contributed by atoms with van der Waals surface area (Å²) in [5.74, 6) is -1.06. The predicted octanol–water partition coefficient (Wildman–Crippen LogP) is 1.64. The average Bonchev–Trinajstić information content (AvgIpc) is 2.46. The molecule has 6 heteroatoms. The molecule has 1 aromatic carbocycles. The smallest absolute Gasteiger partial charge is 0.408 e. The molecule has 114 valence electrons. The Bertz CT molecular complexity index is 506. The first-order chi connectivity index (χ1) is 10.0. The molecule has 1 aliphatic carbocycles. The van der Waals surface area contributed by atoms with Crippen LogP contribution in [0.4, 0.5) is 4.79 Å². The van der Waals surface area contributed by atoms with E-state index in [1.165, 1.54) is 0 Å². The molecule has 0 radical (unpaired) electrons. The number of carbonyl (C=O) groups excluding carboxylic acids is 1. The lowest BCUT2D eigenvalue weighted by molar-refractivity contribution is -0.146. The van der Waals surface area contributed by atoms with E-state index < -0.39 is 17.6 Å². The van der Waals surface area contributed by atoms with Crippen molar-refractivity contribution in [2.75, 3.05) is 0 Å². The van der Waals surface area contributed by atoms with Crippen molar-refractivity contribution in [3.63, 3.8) is 0 Å². The standard InChI is InChI=1S/C15H20N2O4/c16-12-7-4-8-15(9-12,13(18)19)17-14(20)21-10-11-5-2-1-3-6-11/h1-3,5-6,12H,4,7-10,16H2,(H,17,20)(H,18,19). The minimum absolute atomic E-state index is 0.106. The van der Waals surface area contributed by atoms with Crippen molar-refractivity contribution in [2.24, 2.45) is 5.73 Å². The van der Waals surface area contributed by atoms with E-state index in [9.17, 15) is 14.7 Å². The van der Waals surface area contributed by atoms with Gasteiger partial charge in [0, 0.05) is 6.04 Å². The molecule has 0 spiro atoms. The van der Waals surface area contributed by atoms with Crippen LogP contribution in [0.25, 0.3) is 0 Å². The van der Waals surface area contributed by atoms with Crippen LogP contribution < -0.4 is 11.1 Å². The monoisotopic (exact) mass is 292 g/mol. The Morgan fingerprint density at radius 1 is 1.38 bits per heavy atom. The van der Waals surface area contributed by atoms with Gasteiger partial charge in [0.15, 0.2) is 0 Å². The van der Waals surface area contributed by atoms with E-state index in [1.54, 1.807) is 0 Å². The van der Waals surface area contributed by atoms with E-state index in [0.717, 1.165) is 12.0 Å². The maximum atomic E-state index is 11.9. The first-order valence-corrected chi connectivity index (χ1v) is 7.00. The molecule has 1 amide bonds. The van der Waals surface area contributed by atoms with E-state index in [4.69, 9.17) is 10.5 Å². The molecular formula is C15H20N2O4. The van der Waals surface area contributed by atoms with Gasteiger partial charge >= 0.3 is 12.1 Å². The lowest BCUT2D eigenvalue weighted by atomic mass is 9.79. The summed E-state index contributed by atoms with van der Waals surface area (Å²) >= 11 is 0. The van der Waals surface area contributed by atoms with E-state index in [-0.39, 0.29) is 19.1 Å². The summed E-state index contributed by atoms with van der Waals surface area (Å²) in [6.45, 7) is 0.106. The molecule has 0 aliphatic heterocycles. The molecule has 2 rings (SSSR count). The summed E-state index contributed by atoms with van der Waals surface area (Å²) in [5, 5.41) is 11.9. The molecule has 1 aliphatic rings. The fourth-order valence-electron chi connectivity index (χ4n) is 2.63. The summed E-state index contributed by atoms with van der Waals surface area (Å²) in [6, 6.07) is 8.99. The lowest BCUT2D eigenvalue weighted by Gasteiger charge is -2.36. The van der Waals surface area contributed by atoms with Crippen LogP contribution in [0.5, 0.6) is 0 Å². The number of benzene rings is 1. The number of carboxylic acid groups (broad SMARTS) is 1. The fraction of sp³-hybridized carbons (Fsp3) is 0.467. The third-order valence-electron chi connectivity index (χ3n) is 3.75. The third kappa shape index (κ3) is 3.95. The van der Waals surface area contributed by atoms with Gasteiger partial charge in [-0.2, -0.15) is 0 Å². The number of nitrogens with two attached hydrogens (primary N) is 1. The normalized spacial score (nSPS) is 25.1. The minimum atomic E-state index is -1.31. The predicted molar refractivity (Wildman–Crippen MR) is 76.6 cm³/mol. The van der Waals surface area contributed by atoms with Gasteiger partial charge in [0.2, 0.25) is 0 Å². The second-order valence-electron chi connectivity index (χ2n) is 5.43. The Labute approximate surface area is 123 Å². The largest absolute Gasteiger partial charge is 0.480 e. The minimum Gasteiger partial charge on any atom is -0.480 e. The molecule has 4 N–H and O–H groups in total. The van der Waals surface area contributed by atoms with Gasteiger partial charge in [0.05, 0.1) is 0 Å². The second-order valence-corrected chi connectivity index (χ2v) is 5.43. The molecule has 2 atom stereocenters. The van der Waals surface area contributed by atoms with Crippen molar-refractivity contribution in [3.05, 3.63) is 35.9 Å². The molecule has 1 fully saturated rings. The Kier molecular flexibility index (Phi) is 4.80. The van der Waals surface area contributed by atoms with E-state index >= 15 is 0 Å². The highest BCUT2D eigenvalue weighted by Crippen LogP contribution is 2.28. The number of ether oxygens (including phenoxy) is 1. The molecule has 0 aromatic heterocycles. The number of hydrogen-bond acceptors (Lipinski definition) is 4. The van der Waals surface area contributed by atoms with Crippen molar-refractivity contribution in [1.82, 2.24) is 5.32 Å². The maximum Gasteiger partial charge on any atom is 0.408 e. The highest BCUT2D eigenvalue weighted by atomic mass is 16.5. The second kappa shape index (κ2) is 6.58. The van der Waals surface area contributed by atoms with E-state index in [2.05, 4.69) is 5.32 Å². The van der Waals surface area contributed by atoms with Crippen LogP contribution in [0.2, 0.25) is 0 Å². The summed E-state index contributed by atoms with van der Waals surface area (Å²) < 4.78 is 5.09. The molecule has 0 heterocycles. The summed E-state index contributed by atoms with van der Waals surface area (Å²) in [6.07, 6.45) is 1.32. The molecule has 2 unspecified atom stereocenters. The van der Waals surface area contributed by atoms with Gasteiger partial charge in [-0.1, -0.05) is 30.3 Å². The first kappa shape index (κ1) is 15.3. The van der Waals surface area contributed by atoms with E-state index in [1.807, 2.05) is 30.3 Å². The first-order valence-electron chi connectivity index (χ1n) is 7.00. The van der Waals surface area contributed by atoms with Crippen molar-refractivity contribution in [3.8, 4) is 0 Å². The SMILES string of the molecule is NC1CCCC(NC(=O)OCc2ccccc2)(C(=O)O)C1. The van der Waals surface area contributed by atoms with Crippen LogP contribution in [-0.4, -0.2) is 28.7 Å². The number of amides is 1. The van der Waals surface area contributed by atoms with Crippen LogP contribution in [0.15, 0.2) is 30.3 Å². The molecule has 0 bridgehead atoms. The maximum absolute atomic E-state index is 11.9. The summed E-state index contributed by atoms with van der Waals surface area (Å²) in [7, 11) is 0. The van der Waals surface area contributed by atoms with Gasteiger partial charge in [-0.25, -0.2) is 9.59 Å². The quantitative estimate of drug-likeness (QED) is 0.783. The van der Waals surface area contributed by atoms with Crippen molar-refractivity contribution in [1.29, 1.82) is 0 Å². The Morgan fingerprint density at radius 3 is 2.71 bits per heavy atom. The van der Waals surface area contributed by atoms with Gasteiger partial charge < -0.3 is 20.9 Å². The molecule has 0 saturated heterocycles. The zero-order valence-corrected chi connectivity index (χ0v) is 11.7. The van der Waals surface area contributed by atoms with Crippen molar-refractivity contribution in [2.45, 2.75) is 43.9 Å². The topological polar surface area (TPSA) is 102 Å². The van der Waals surface area contributed by atoms with Gasteiger partial charge in [0.1, 0.15) is 12.1 Å². The Hall–Kier alpha value is -2.08. The van der Waals surface area contributed by atoms with Gasteiger partial charge in [-0.15, -0.1) is 0 Å². The van der Waals surface area contributed by atoms with Gasteiger partial charge in [-0.3, -0.25) is 0 Å². The van der Waals surface area contributed by atoms with Crippen LogP contribution in [0.3, 0.4) is 0 Å². The molecule has 1 saturated carbocycles. The molecular weight excluding hydrogens is 272 g/mol. The van der Waals surface area contributed by atoms with E-state index in [0.29, 0.717) is 12.8 Å². The third-order valence-corrected chi connectivity index (χ3v) is 3.75. The highest BCUT2D eigenvalue weighted by Gasteiger charge is 2.43. The Balaban J connectivity index is 1.94. The van der Waals surface area contributed by atoms with Crippen molar-refractivity contribution >= 4 is 12.1 Å². The number of carbonyl (C=O) groups is 2. The number of nitrogens with one attached hydrogen (secondary N) is 1. The number of rotatable bonds is 4. The van der Waals surface area contributed by atoms with Crippen LogP contribution >= 0.6 is 0 Å². The number of carboxylic acids is 1. The molecule has 21 heavy (non-hydrogen) atoms. The number of alkyl carbamates (subject to hydrolysis) is 1. The Morgan fingerprint density at radius 2 is 2.10 bits per heavy atom. The van der Waals surface area contributed by atoms with Crippen molar-refractivity contribution < 1.29 is 19.4 Å². The summed E-state index contributed by atoms with van der Waals surface area (Å²) in [5.41, 5.74) is 5.36. The van der Waals surface area contributed by atoms with Crippen LogP contribution in [-0.2, 0) is 16.1 Å². The zero-order valence-electron chi connectivity index (χ0n) is 11.7. The zero-order chi connectivity index (χ0) is 15.3. The molecule has 6 nitrogen and oxygen atoms in total. The molecule has 1 aromatic rings. The number of aliphatic carboxylic acids is 1. The highest BCUT2D eigenvalue weighted by molar-refractivity contribution is 5.84. The lowest BCUT2D eigenvalue weighted by Crippen LogP contribution is -2.59. The summed E-state index contributed by atoms with van der Waals surface area (Å²) in [4.78, 5) is 23.4.